The summed E-state index contributed by atoms with van der Waals surface area (Å²) >= 11 is 0. The van der Waals surface area contributed by atoms with Crippen molar-refractivity contribution in [1.82, 2.24) is 0 Å². The van der Waals surface area contributed by atoms with E-state index in [9.17, 15) is 13.2 Å². The minimum absolute atomic E-state index is 0.0585. The van der Waals surface area contributed by atoms with Crippen molar-refractivity contribution in [2.24, 2.45) is 0 Å². The number of rotatable bonds is 3. The number of carbonyl (C=O) groups excluding carboxylic acids is 1. The zero-order valence-electron chi connectivity index (χ0n) is 13.2. The number of hydrogen-bond donors (Lipinski definition) is 1. The van der Waals surface area contributed by atoms with Crippen LogP contribution in [0.25, 0.3) is 0 Å². The Balaban J connectivity index is 1.84. The number of nitrogens with one attached hydrogen (secondary N) is 1. The topological polar surface area (TPSA) is 81.7 Å². The van der Waals surface area contributed by atoms with Crippen LogP contribution >= 0.6 is 0 Å². The Hall–Kier alpha value is -2.54. The molecule has 1 aliphatic rings. The van der Waals surface area contributed by atoms with Crippen LogP contribution in [0, 0.1) is 0 Å². The summed E-state index contributed by atoms with van der Waals surface area (Å²) in [5.41, 5.74) is 0.222. The summed E-state index contributed by atoms with van der Waals surface area (Å²) in [6, 6.07) is 13.3. The Morgan fingerprint density at radius 2 is 1.58 bits per heavy atom. The van der Waals surface area contributed by atoms with Crippen LogP contribution < -0.4 is 14.8 Å². The molecule has 2 unspecified atom stereocenters. The first-order chi connectivity index (χ1) is 11.4. The number of carbonyl (C=O) groups is 1. The molecule has 1 heterocycles. The molecule has 0 fully saturated rings. The molecule has 7 heteroatoms. The lowest BCUT2D eigenvalue weighted by molar-refractivity contribution is -0.128. The molecule has 2 aromatic rings. The van der Waals surface area contributed by atoms with E-state index < -0.39 is 28.0 Å². The normalized spacial score (nSPS) is 19.6. The second kappa shape index (κ2) is 6.16. The van der Waals surface area contributed by atoms with E-state index in [4.69, 9.17) is 9.47 Å². The van der Waals surface area contributed by atoms with E-state index >= 15 is 0 Å². The lowest BCUT2D eigenvalue weighted by Gasteiger charge is -2.31. The molecule has 0 spiro atoms. The SMILES string of the molecule is CC1Oc2ccccc2OC1C(=O)Nc1ccccc1S(C)(=O)=O. The number of hydrogen-bond acceptors (Lipinski definition) is 5. The largest absolute Gasteiger partial charge is 0.482 e. The van der Waals surface area contributed by atoms with E-state index in [1.807, 2.05) is 6.07 Å². The van der Waals surface area contributed by atoms with Crippen molar-refractivity contribution in [2.75, 3.05) is 11.6 Å². The van der Waals surface area contributed by atoms with Crippen molar-refractivity contribution in [3.63, 3.8) is 0 Å². The molecule has 0 aromatic heterocycles. The molecule has 2 atom stereocenters. The molecule has 0 saturated heterocycles. The third-order valence-corrected chi connectivity index (χ3v) is 4.80. The molecule has 6 nitrogen and oxygen atoms in total. The molecule has 1 aliphatic heterocycles. The highest BCUT2D eigenvalue weighted by Gasteiger charge is 2.34. The number of benzene rings is 2. The summed E-state index contributed by atoms with van der Waals surface area (Å²) in [5, 5.41) is 2.62. The highest BCUT2D eigenvalue weighted by Crippen LogP contribution is 2.34. The summed E-state index contributed by atoms with van der Waals surface area (Å²) in [6.07, 6.45) is -0.297. The molecule has 24 heavy (non-hydrogen) atoms. The maximum Gasteiger partial charge on any atom is 0.269 e. The van der Waals surface area contributed by atoms with Gasteiger partial charge in [-0.05, 0) is 31.2 Å². The Morgan fingerprint density at radius 3 is 2.25 bits per heavy atom. The molecule has 1 amide bonds. The van der Waals surface area contributed by atoms with Gasteiger partial charge in [0.15, 0.2) is 21.3 Å². The Kier molecular flexibility index (Phi) is 4.19. The summed E-state index contributed by atoms with van der Waals surface area (Å²) in [5.74, 6) is 0.589. The van der Waals surface area contributed by atoms with Gasteiger partial charge in [0.05, 0.1) is 10.6 Å². The van der Waals surface area contributed by atoms with Crippen LogP contribution in [-0.4, -0.2) is 32.8 Å². The molecule has 2 aromatic carbocycles. The summed E-state index contributed by atoms with van der Waals surface area (Å²) in [6.45, 7) is 1.72. The Morgan fingerprint density at radius 1 is 1.00 bits per heavy atom. The zero-order chi connectivity index (χ0) is 17.3. The van der Waals surface area contributed by atoms with Crippen molar-refractivity contribution in [2.45, 2.75) is 24.0 Å². The average Bonchev–Trinajstić information content (AvgIpc) is 2.53. The fourth-order valence-electron chi connectivity index (χ4n) is 2.50. The van der Waals surface area contributed by atoms with Crippen molar-refractivity contribution in [3.05, 3.63) is 48.5 Å². The van der Waals surface area contributed by atoms with Crippen LogP contribution in [0.3, 0.4) is 0 Å². The molecule has 0 aliphatic carbocycles. The average molecular weight is 347 g/mol. The van der Waals surface area contributed by atoms with E-state index in [1.54, 1.807) is 37.3 Å². The van der Waals surface area contributed by atoms with Gasteiger partial charge in [-0.25, -0.2) is 8.42 Å². The van der Waals surface area contributed by atoms with Gasteiger partial charge in [0.2, 0.25) is 6.10 Å². The lowest BCUT2D eigenvalue weighted by atomic mass is 10.1. The van der Waals surface area contributed by atoms with Gasteiger partial charge in [-0.15, -0.1) is 0 Å². The third kappa shape index (κ3) is 3.21. The van der Waals surface area contributed by atoms with Gasteiger partial charge < -0.3 is 14.8 Å². The van der Waals surface area contributed by atoms with Crippen LogP contribution in [0.4, 0.5) is 5.69 Å². The highest BCUT2D eigenvalue weighted by molar-refractivity contribution is 7.90. The summed E-state index contributed by atoms with van der Waals surface area (Å²) in [4.78, 5) is 12.6. The predicted molar refractivity (Wildman–Crippen MR) is 89.1 cm³/mol. The highest BCUT2D eigenvalue weighted by atomic mass is 32.2. The predicted octanol–water partition coefficient (Wildman–Crippen LogP) is 2.26. The molecular weight excluding hydrogens is 330 g/mol. The van der Waals surface area contributed by atoms with E-state index in [2.05, 4.69) is 5.32 Å². The van der Waals surface area contributed by atoms with Crippen molar-refractivity contribution < 1.29 is 22.7 Å². The van der Waals surface area contributed by atoms with Crippen LogP contribution in [0.2, 0.25) is 0 Å². The van der Waals surface area contributed by atoms with Gasteiger partial charge in [0, 0.05) is 6.26 Å². The quantitative estimate of drug-likeness (QED) is 0.921. The monoisotopic (exact) mass is 347 g/mol. The van der Waals surface area contributed by atoms with Gasteiger partial charge in [-0.1, -0.05) is 24.3 Å². The van der Waals surface area contributed by atoms with Crippen molar-refractivity contribution in [1.29, 1.82) is 0 Å². The fourth-order valence-corrected chi connectivity index (χ4v) is 3.35. The van der Waals surface area contributed by atoms with Gasteiger partial charge in [0.1, 0.15) is 6.10 Å². The molecule has 0 bridgehead atoms. The Labute approximate surface area is 140 Å². The number of fused-ring (bicyclic) bond motifs is 1. The number of amides is 1. The third-order valence-electron chi connectivity index (χ3n) is 3.65. The maximum atomic E-state index is 12.6. The van der Waals surface area contributed by atoms with Crippen LogP contribution in [-0.2, 0) is 14.6 Å². The number of sulfone groups is 1. The van der Waals surface area contributed by atoms with E-state index in [0.29, 0.717) is 11.5 Å². The Bertz CT molecular complexity index is 878. The van der Waals surface area contributed by atoms with E-state index in [-0.39, 0.29) is 10.6 Å². The maximum absolute atomic E-state index is 12.6. The lowest BCUT2D eigenvalue weighted by Crippen LogP contribution is -2.46. The standard InChI is InChI=1S/C17H17NO5S/c1-11-16(23-14-9-5-4-8-13(14)22-11)17(19)18-12-7-3-6-10-15(12)24(2,20)21/h3-11,16H,1-2H3,(H,18,19). The molecular formula is C17H17NO5S. The number of ether oxygens (including phenoxy) is 2. The first kappa shape index (κ1) is 16.3. The van der Waals surface area contributed by atoms with Crippen LogP contribution in [0.1, 0.15) is 6.92 Å². The van der Waals surface area contributed by atoms with Gasteiger partial charge >= 0.3 is 0 Å². The second-order valence-corrected chi connectivity index (χ2v) is 7.55. The van der Waals surface area contributed by atoms with Gasteiger partial charge in [-0.2, -0.15) is 0 Å². The number of para-hydroxylation sites is 3. The molecule has 0 radical (unpaired) electrons. The molecule has 3 rings (SSSR count). The first-order valence-electron chi connectivity index (χ1n) is 7.38. The van der Waals surface area contributed by atoms with Gasteiger partial charge in [0.25, 0.3) is 5.91 Å². The summed E-state index contributed by atoms with van der Waals surface area (Å²) in [7, 11) is -3.46. The van der Waals surface area contributed by atoms with Gasteiger partial charge in [-0.3, -0.25) is 4.79 Å². The smallest absolute Gasteiger partial charge is 0.269 e. The minimum atomic E-state index is -3.46. The summed E-state index contributed by atoms with van der Waals surface area (Å²) < 4.78 is 35.1. The van der Waals surface area contributed by atoms with Crippen molar-refractivity contribution >= 4 is 21.4 Å². The van der Waals surface area contributed by atoms with Crippen molar-refractivity contribution in [3.8, 4) is 11.5 Å². The van der Waals surface area contributed by atoms with Crippen LogP contribution in [0.5, 0.6) is 11.5 Å². The minimum Gasteiger partial charge on any atom is -0.482 e. The first-order valence-corrected chi connectivity index (χ1v) is 9.27. The number of anilines is 1. The molecule has 0 saturated carbocycles. The zero-order valence-corrected chi connectivity index (χ0v) is 14.0. The van der Waals surface area contributed by atoms with Crippen LogP contribution in [0.15, 0.2) is 53.4 Å². The van der Waals surface area contributed by atoms with E-state index in [0.717, 1.165) is 6.26 Å². The second-order valence-electron chi connectivity index (χ2n) is 5.57. The molecule has 1 N–H and O–H groups in total. The van der Waals surface area contributed by atoms with E-state index in [1.165, 1.54) is 12.1 Å². The molecule has 126 valence electrons. The fraction of sp³-hybridized carbons (Fsp3) is 0.235.